The van der Waals surface area contributed by atoms with Gasteiger partial charge in [-0.1, -0.05) is 23.8 Å². The molecule has 0 saturated carbocycles. The Bertz CT molecular complexity index is 1360. The van der Waals surface area contributed by atoms with Crippen molar-refractivity contribution in [1.82, 2.24) is 9.29 Å². The van der Waals surface area contributed by atoms with Crippen molar-refractivity contribution in [2.75, 3.05) is 6.54 Å². The third-order valence-corrected chi connectivity index (χ3v) is 8.77. The lowest BCUT2D eigenvalue weighted by Gasteiger charge is -2.22. The van der Waals surface area contributed by atoms with Gasteiger partial charge in [-0.15, -0.1) is 24.5 Å². The maximum atomic E-state index is 12.9. The molecule has 1 aliphatic heterocycles. The van der Waals surface area contributed by atoms with E-state index in [-0.39, 0.29) is 28.7 Å². The third kappa shape index (κ3) is 6.10. The number of pyridine rings is 1. The summed E-state index contributed by atoms with van der Waals surface area (Å²) < 4.78 is 68.4. The van der Waals surface area contributed by atoms with Crippen molar-refractivity contribution in [2.45, 2.75) is 29.5 Å². The molecule has 0 amide bonds. The minimum atomic E-state index is -4.77. The summed E-state index contributed by atoms with van der Waals surface area (Å²) in [4.78, 5) is 17.2. The number of hydrogen-bond donors (Lipinski definition) is 0. The van der Waals surface area contributed by atoms with Gasteiger partial charge in [-0.05, 0) is 60.5 Å². The number of thiophene rings is 1. The summed E-state index contributed by atoms with van der Waals surface area (Å²) in [6.45, 7) is 0.0989. The topological polar surface area (TPSA) is 76.6 Å². The smallest absolute Gasteiger partial charge is 0.406 e. The Hall–Kier alpha value is -2.73. The molecule has 4 rings (SSSR count). The number of Topliss-reactive ketones (excluding diaryl/α,β-unsaturated/α-hetero) is 1. The van der Waals surface area contributed by atoms with E-state index < -0.39 is 22.4 Å². The van der Waals surface area contributed by atoms with Crippen LogP contribution in [0, 0.1) is 0 Å². The van der Waals surface area contributed by atoms with E-state index in [9.17, 15) is 26.4 Å². The zero-order chi connectivity index (χ0) is 25.2. The molecule has 0 bridgehead atoms. The van der Waals surface area contributed by atoms with Crippen LogP contribution in [-0.4, -0.2) is 42.4 Å². The molecule has 1 aliphatic rings. The van der Waals surface area contributed by atoms with Gasteiger partial charge >= 0.3 is 6.36 Å². The van der Waals surface area contributed by atoms with Crippen molar-refractivity contribution in [3.8, 4) is 17.0 Å². The molecule has 0 N–H and O–H groups in total. The second kappa shape index (κ2) is 10.1. The molecular weight excluding hydrogens is 525 g/mol. The van der Waals surface area contributed by atoms with E-state index in [1.165, 1.54) is 36.4 Å². The summed E-state index contributed by atoms with van der Waals surface area (Å²) in [5, 5.41) is 0. The summed E-state index contributed by atoms with van der Waals surface area (Å²) in [7, 11) is -3.86. The number of halogens is 4. The number of alkyl halides is 3. The fourth-order valence-electron chi connectivity index (χ4n) is 3.60. The lowest BCUT2D eigenvalue weighted by Crippen LogP contribution is -2.40. The Morgan fingerprint density at radius 3 is 2.57 bits per heavy atom. The molecule has 2 aromatic heterocycles. The van der Waals surface area contributed by atoms with E-state index in [4.69, 9.17) is 11.6 Å². The number of rotatable bonds is 8. The average Bonchev–Trinajstić information content (AvgIpc) is 3.47. The molecule has 0 aliphatic carbocycles. The molecule has 0 saturated heterocycles. The van der Waals surface area contributed by atoms with Crippen LogP contribution in [0.5, 0.6) is 5.75 Å². The predicted molar refractivity (Wildman–Crippen MR) is 126 cm³/mol. The molecule has 0 spiro atoms. The van der Waals surface area contributed by atoms with Gasteiger partial charge < -0.3 is 4.74 Å². The van der Waals surface area contributed by atoms with E-state index >= 15 is 0 Å². The largest absolute Gasteiger partial charge is 0.573 e. The number of aryl methyl sites for hydroxylation is 1. The van der Waals surface area contributed by atoms with Crippen LogP contribution in [0.3, 0.4) is 0 Å². The highest BCUT2D eigenvalue weighted by atomic mass is 35.5. The highest BCUT2D eigenvalue weighted by Crippen LogP contribution is 2.31. The number of nitrogens with zero attached hydrogens (tertiary/aromatic N) is 2. The second-order valence-corrected chi connectivity index (χ2v) is 11.4. The molecule has 1 atom stereocenters. The number of hydrogen-bond acceptors (Lipinski definition) is 6. The average molecular weight is 543 g/mol. The van der Waals surface area contributed by atoms with Gasteiger partial charge in [0.15, 0.2) is 5.78 Å². The summed E-state index contributed by atoms with van der Waals surface area (Å²) in [5.74, 6) is -0.589. The number of carbonyl (C=O) groups is 1. The number of carbonyl (C=O) groups excluding carboxylic acids is 1. The van der Waals surface area contributed by atoms with Crippen molar-refractivity contribution in [2.24, 2.45) is 0 Å². The third-order valence-electron chi connectivity index (χ3n) is 5.22. The molecule has 0 fully saturated rings. The van der Waals surface area contributed by atoms with Gasteiger partial charge in [-0.25, -0.2) is 8.42 Å². The van der Waals surface area contributed by atoms with E-state index in [1.54, 1.807) is 30.5 Å². The van der Waals surface area contributed by atoms with E-state index in [0.717, 1.165) is 21.2 Å². The maximum Gasteiger partial charge on any atom is 0.573 e. The minimum absolute atomic E-state index is 0.0782. The lowest BCUT2D eigenvalue weighted by molar-refractivity contribution is -0.274. The first kappa shape index (κ1) is 25.4. The Kier molecular flexibility index (Phi) is 7.32. The highest BCUT2D eigenvalue weighted by Gasteiger charge is 2.37. The van der Waals surface area contributed by atoms with Crippen LogP contribution in [0.2, 0.25) is 4.34 Å². The highest BCUT2D eigenvalue weighted by molar-refractivity contribution is 7.91. The van der Waals surface area contributed by atoms with Crippen LogP contribution in [0.1, 0.15) is 12.0 Å². The van der Waals surface area contributed by atoms with Crippen molar-refractivity contribution in [1.29, 1.82) is 0 Å². The van der Waals surface area contributed by atoms with Crippen LogP contribution in [0.4, 0.5) is 13.2 Å². The van der Waals surface area contributed by atoms with Crippen molar-refractivity contribution >= 4 is 38.7 Å². The van der Waals surface area contributed by atoms with E-state index in [1.807, 2.05) is 0 Å². The van der Waals surface area contributed by atoms with Crippen LogP contribution in [-0.2, 0) is 21.2 Å². The molecule has 35 heavy (non-hydrogen) atoms. The summed E-state index contributed by atoms with van der Waals surface area (Å²) in [6.07, 6.45) is 0.429. The van der Waals surface area contributed by atoms with E-state index in [2.05, 4.69) is 9.72 Å². The summed E-state index contributed by atoms with van der Waals surface area (Å²) in [5.41, 5.74) is 1.88. The number of aromatic nitrogens is 1. The van der Waals surface area contributed by atoms with Gasteiger partial charge in [0, 0.05) is 24.7 Å². The summed E-state index contributed by atoms with van der Waals surface area (Å²) in [6, 6.07) is 10.8. The molecule has 0 radical (unpaired) electrons. The number of ketones is 1. The normalized spacial score (nSPS) is 16.5. The van der Waals surface area contributed by atoms with Gasteiger partial charge in [-0.2, -0.15) is 4.31 Å². The van der Waals surface area contributed by atoms with Gasteiger partial charge in [0.25, 0.3) is 10.0 Å². The number of ether oxygens (including phenoxy) is 1. The van der Waals surface area contributed by atoms with Crippen LogP contribution in [0.15, 0.2) is 71.1 Å². The molecule has 12 heteroatoms. The summed E-state index contributed by atoms with van der Waals surface area (Å²) >= 11 is 6.81. The molecule has 0 unspecified atom stereocenters. The molecule has 3 aromatic rings. The second-order valence-electron chi connectivity index (χ2n) is 7.59. The quantitative estimate of drug-likeness (QED) is 0.352. The first-order chi connectivity index (χ1) is 16.5. The predicted octanol–water partition coefficient (Wildman–Crippen LogP) is 5.49. The van der Waals surface area contributed by atoms with Crippen LogP contribution >= 0.6 is 22.9 Å². The first-order valence-electron chi connectivity index (χ1n) is 10.3. The van der Waals surface area contributed by atoms with Gasteiger partial charge in [-0.3, -0.25) is 9.78 Å². The van der Waals surface area contributed by atoms with Crippen molar-refractivity contribution in [3.05, 3.63) is 76.8 Å². The lowest BCUT2D eigenvalue weighted by atomic mass is 10.0. The van der Waals surface area contributed by atoms with Crippen LogP contribution < -0.4 is 4.74 Å². The van der Waals surface area contributed by atoms with E-state index in [0.29, 0.717) is 22.0 Å². The standard InChI is InChI=1S/C23H18ClF3N2O4S2/c24-21-9-10-22(34-21)35(31,32)29-13-1-2-19(29)20(30)8-3-15-11-12-28-18(14-15)16-4-6-17(7-5-16)33-23(25,26)27/h1-2,4-7,9-12,14,19H,3,8,13H2/t19-/m0/s1. The first-order valence-corrected chi connectivity index (χ1v) is 12.9. The monoisotopic (exact) mass is 542 g/mol. The Morgan fingerprint density at radius 1 is 1.17 bits per heavy atom. The zero-order valence-electron chi connectivity index (χ0n) is 17.9. The molecule has 3 heterocycles. The van der Waals surface area contributed by atoms with Gasteiger partial charge in [0.1, 0.15) is 16.0 Å². The molecule has 6 nitrogen and oxygen atoms in total. The molecule has 184 valence electrons. The maximum absolute atomic E-state index is 12.9. The molecular formula is C23H18ClF3N2O4S2. The SMILES string of the molecule is O=C(CCc1ccnc(-c2ccc(OC(F)(F)F)cc2)c1)[C@@H]1C=CCN1S(=O)(=O)c1ccc(Cl)s1. The zero-order valence-corrected chi connectivity index (χ0v) is 20.3. The van der Waals surface area contributed by atoms with Crippen LogP contribution in [0.25, 0.3) is 11.3 Å². The van der Waals surface area contributed by atoms with Crippen molar-refractivity contribution in [3.63, 3.8) is 0 Å². The Balaban J connectivity index is 1.42. The fourth-order valence-corrected chi connectivity index (χ4v) is 6.73. The van der Waals surface area contributed by atoms with Crippen molar-refractivity contribution < 1.29 is 31.1 Å². The fraction of sp³-hybridized carbons (Fsp3) is 0.217. The van der Waals surface area contributed by atoms with Gasteiger partial charge in [0.05, 0.1) is 10.0 Å². The number of benzene rings is 1. The number of sulfonamides is 1. The van der Waals surface area contributed by atoms with Gasteiger partial charge in [0.2, 0.25) is 0 Å². The molecule has 1 aromatic carbocycles. The Labute approximate surface area is 208 Å². The minimum Gasteiger partial charge on any atom is -0.406 e. The Morgan fingerprint density at radius 2 is 1.91 bits per heavy atom.